The van der Waals surface area contributed by atoms with Gasteiger partial charge in [0, 0.05) is 6.54 Å². The molecule has 0 unspecified atom stereocenters. The Kier molecular flexibility index (Phi) is 5.00. The molecule has 2 rings (SSSR count). The summed E-state index contributed by atoms with van der Waals surface area (Å²) in [5.74, 6) is 0.720. The van der Waals surface area contributed by atoms with Crippen LogP contribution in [-0.2, 0) is 10.0 Å². The molecule has 0 bridgehead atoms. The van der Waals surface area contributed by atoms with Crippen LogP contribution in [0.25, 0.3) is 0 Å². The van der Waals surface area contributed by atoms with E-state index in [1.54, 1.807) is 13.8 Å². The summed E-state index contributed by atoms with van der Waals surface area (Å²) in [5, 5.41) is -0.423. The van der Waals surface area contributed by atoms with Gasteiger partial charge in [0.25, 0.3) is 0 Å². The molecule has 1 aromatic rings. The highest BCUT2D eigenvalue weighted by Gasteiger charge is 2.32. The van der Waals surface area contributed by atoms with Crippen LogP contribution in [0.3, 0.4) is 0 Å². The fourth-order valence-electron chi connectivity index (χ4n) is 2.19. The van der Waals surface area contributed by atoms with Gasteiger partial charge in [-0.15, -0.1) is 0 Å². The third kappa shape index (κ3) is 3.82. The first-order chi connectivity index (χ1) is 9.93. The van der Waals surface area contributed by atoms with Crippen molar-refractivity contribution in [3.63, 3.8) is 0 Å². The van der Waals surface area contributed by atoms with E-state index < -0.39 is 15.3 Å². The number of hydrogen-bond donors (Lipinski definition) is 0. The highest BCUT2D eigenvalue weighted by molar-refractivity contribution is 7.89. The molecule has 0 aliphatic carbocycles. The maximum atomic E-state index is 12.2. The number of ether oxygens (including phenoxy) is 2. The van der Waals surface area contributed by atoms with Crippen molar-refractivity contribution in [1.29, 1.82) is 0 Å². The lowest BCUT2D eigenvalue weighted by Gasteiger charge is -2.32. The topological polar surface area (TPSA) is 81.6 Å². The maximum Gasteiger partial charge on any atom is 0.235 e. The molecule has 1 atom stereocenters. The van der Waals surface area contributed by atoms with E-state index in [-0.39, 0.29) is 6.10 Å². The smallest absolute Gasteiger partial charge is 0.235 e. The van der Waals surface area contributed by atoms with Gasteiger partial charge >= 0.3 is 0 Å². The quantitative estimate of drug-likeness (QED) is 0.808. The van der Waals surface area contributed by atoms with Crippen molar-refractivity contribution < 1.29 is 17.9 Å². The highest BCUT2D eigenvalue weighted by atomic mass is 32.2. The minimum Gasteiger partial charge on any atom is -0.480 e. The Balaban J connectivity index is 2.04. The normalized spacial score (nSPS) is 20.5. The predicted molar refractivity (Wildman–Crippen MR) is 77.9 cm³/mol. The molecule has 21 heavy (non-hydrogen) atoms. The second kappa shape index (κ2) is 6.57. The van der Waals surface area contributed by atoms with E-state index in [0.717, 1.165) is 12.8 Å². The maximum absolute atomic E-state index is 12.2. The molecule has 1 saturated heterocycles. The molecular formula is C13H21N3O4S. The molecule has 1 fully saturated rings. The predicted octanol–water partition coefficient (Wildman–Crippen LogP) is 1.07. The van der Waals surface area contributed by atoms with Gasteiger partial charge < -0.3 is 9.47 Å². The van der Waals surface area contributed by atoms with Crippen molar-refractivity contribution in [1.82, 2.24) is 14.3 Å². The first kappa shape index (κ1) is 16.0. The average Bonchev–Trinajstić information content (AvgIpc) is 2.47. The molecule has 1 aliphatic rings. The number of piperidine rings is 1. The van der Waals surface area contributed by atoms with Gasteiger partial charge in [0.2, 0.25) is 21.8 Å². The van der Waals surface area contributed by atoms with E-state index in [1.165, 1.54) is 23.8 Å². The van der Waals surface area contributed by atoms with E-state index >= 15 is 0 Å². The summed E-state index contributed by atoms with van der Waals surface area (Å²) in [6.07, 6.45) is 4.34. The largest absolute Gasteiger partial charge is 0.480 e. The lowest BCUT2D eigenvalue weighted by atomic mass is 10.1. The summed E-state index contributed by atoms with van der Waals surface area (Å²) in [6.45, 7) is 4.27. The number of nitrogens with zero attached hydrogens (tertiary/aromatic N) is 3. The van der Waals surface area contributed by atoms with Gasteiger partial charge in [-0.1, -0.05) is 0 Å². The van der Waals surface area contributed by atoms with Gasteiger partial charge in [-0.25, -0.2) is 8.42 Å². The molecule has 0 N–H and O–H groups in total. The van der Waals surface area contributed by atoms with Gasteiger partial charge in [-0.05, 0) is 26.7 Å². The van der Waals surface area contributed by atoms with Crippen LogP contribution in [-0.4, -0.2) is 54.2 Å². The van der Waals surface area contributed by atoms with Crippen LogP contribution >= 0.6 is 0 Å². The first-order valence-corrected chi connectivity index (χ1v) is 8.45. The number of rotatable bonds is 5. The van der Waals surface area contributed by atoms with Crippen molar-refractivity contribution in [3.8, 4) is 11.8 Å². The van der Waals surface area contributed by atoms with Crippen LogP contribution in [0, 0.1) is 0 Å². The van der Waals surface area contributed by atoms with E-state index in [0.29, 0.717) is 24.8 Å². The molecule has 1 aromatic heterocycles. The minimum absolute atomic E-state index is 0.214. The van der Waals surface area contributed by atoms with Gasteiger partial charge in [0.15, 0.2) is 0 Å². The second-order valence-corrected chi connectivity index (χ2v) is 7.72. The van der Waals surface area contributed by atoms with Crippen LogP contribution in [0.1, 0.15) is 26.7 Å². The molecule has 0 aromatic carbocycles. The summed E-state index contributed by atoms with van der Waals surface area (Å²) in [6, 6.07) is 0. The lowest BCUT2D eigenvalue weighted by molar-refractivity contribution is 0.123. The molecule has 118 valence electrons. The minimum atomic E-state index is -3.25. The van der Waals surface area contributed by atoms with Crippen molar-refractivity contribution >= 4 is 10.0 Å². The summed E-state index contributed by atoms with van der Waals surface area (Å²) in [5.41, 5.74) is 0. The fourth-order valence-corrected chi connectivity index (χ4v) is 3.54. The van der Waals surface area contributed by atoms with Crippen LogP contribution in [0.4, 0.5) is 0 Å². The lowest BCUT2D eigenvalue weighted by Crippen LogP contribution is -2.46. The number of hydrogen-bond acceptors (Lipinski definition) is 6. The molecule has 1 aliphatic heterocycles. The Hall–Kier alpha value is -1.41. The van der Waals surface area contributed by atoms with Crippen molar-refractivity contribution in [2.75, 3.05) is 20.2 Å². The number of sulfonamides is 1. The summed E-state index contributed by atoms with van der Waals surface area (Å²) < 4.78 is 36.6. The fraction of sp³-hybridized carbons (Fsp3) is 0.692. The number of aromatic nitrogens is 2. The number of methoxy groups -OCH3 is 1. The highest BCUT2D eigenvalue weighted by Crippen LogP contribution is 2.21. The van der Waals surface area contributed by atoms with Gasteiger partial charge in [0.1, 0.15) is 6.10 Å². The zero-order chi connectivity index (χ0) is 15.5. The average molecular weight is 315 g/mol. The van der Waals surface area contributed by atoms with E-state index in [4.69, 9.17) is 9.47 Å². The van der Waals surface area contributed by atoms with Crippen LogP contribution < -0.4 is 9.47 Å². The summed E-state index contributed by atoms with van der Waals surface area (Å²) in [4.78, 5) is 8.11. The molecular weight excluding hydrogens is 294 g/mol. The van der Waals surface area contributed by atoms with Crippen molar-refractivity contribution in [2.45, 2.75) is 38.0 Å². The van der Waals surface area contributed by atoms with Crippen LogP contribution in [0.15, 0.2) is 12.4 Å². The Morgan fingerprint density at radius 2 is 2.05 bits per heavy atom. The van der Waals surface area contributed by atoms with Gasteiger partial charge in [0.05, 0.1) is 31.3 Å². The molecule has 2 heterocycles. The molecule has 7 nitrogen and oxygen atoms in total. The zero-order valence-electron chi connectivity index (χ0n) is 12.5. The second-order valence-electron chi connectivity index (χ2n) is 5.23. The van der Waals surface area contributed by atoms with Crippen molar-refractivity contribution in [3.05, 3.63) is 12.4 Å². The standard InChI is InChI=1S/C13H21N3O4S/c1-10(2)21(17,18)16-6-4-5-11(9-16)20-13-8-14-7-12(15-13)19-3/h7-8,10-11H,4-6,9H2,1-3H3/t11-/m0/s1. The Morgan fingerprint density at radius 3 is 2.71 bits per heavy atom. The monoisotopic (exact) mass is 315 g/mol. The van der Waals surface area contributed by atoms with Crippen LogP contribution in [0.5, 0.6) is 11.8 Å². The summed E-state index contributed by atoms with van der Waals surface area (Å²) in [7, 11) is -1.74. The Bertz CT molecular complexity index is 577. The van der Waals surface area contributed by atoms with Gasteiger partial charge in [-0.3, -0.25) is 4.98 Å². The van der Waals surface area contributed by atoms with Gasteiger partial charge in [-0.2, -0.15) is 9.29 Å². The zero-order valence-corrected chi connectivity index (χ0v) is 13.3. The Morgan fingerprint density at radius 1 is 1.33 bits per heavy atom. The van der Waals surface area contributed by atoms with Crippen molar-refractivity contribution in [2.24, 2.45) is 0 Å². The molecule has 0 radical (unpaired) electrons. The van der Waals surface area contributed by atoms with Crippen LogP contribution in [0.2, 0.25) is 0 Å². The first-order valence-electron chi connectivity index (χ1n) is 6.95. The third-order valence-corrected chi connectivity index (χ3v) is 5.63. The molecule has 8 heteroatoms. The SMILES string of the molecule is COc1cncc(O[C@H]2CCCN(S(=O)(=O)C(C)C)C2)n1. The molecule has 0 spiro atoms. The third-order valence-electron chi connectivity index (χ3n) is 3.38. The van der Waals surface area contributed by atoms with E-state index in [9.17, 15) is 8.42 Å². The van der Waals surface area contributed by atoms with E-state index in [2.05, 4.69) is 9.97 Å². The summed E-state index contributed by atoms with van der Waals surface area (Å²) >= 11 is 0. The van der Waals surface area contributed by atoms with E-state index in [1.807, 2.05) is 0 Å². The Labute approximate surface area is 125 Å². The molecule has 0 saturated carbocycles. The molecule has 0 amide bonds.